The number of hydrogen-bond donors (Lipinski definition) is 0. The van der Waals surface area contributed by atoms with Crippen LogP contribution >= 0.6 is 0 Å². The highest BCUT2D eigenvalue weighted by molar-refractivity contribution is 5.67. The molecule has 0 saturated carbocycles. The second-order valence-corrected chi connectivity index (χ2v) is 4.99. The Balaban J connectivity index is 2.27. The Bertz CT molecular complexity index is 761. The summed E-state index contributed by atoms with van der Waals surface area (Å²) in [6, 6.07) is 5.17. The molecule has 0 saturated heterocycles. The fourth-order valence-corrected chi connectivity index (χ4v) is 2.69. The van der Waals surface area contributed by atoms with E-state index >= 15 is 0 Å². The Morgan fingerprint density at radius 1 is 1.05 bits per heavy atom. The number of fused-ring (bicyclic) bond motifs is 1. The average molecular weight is 297 g/mol. The summed E-state index contributed by atoms with van der Waals surface area (Å²) in [6.45, 7) is 0.485. The molecular formula is C15H11F4NO. The number of rotatable bonds is 1. The third-order valence-electron chi connectivity index (χ3n) is 3.66. The van der Waals surface area contributed by atoms with Gasteiger partial charge in [-0.2, -0.15) is 13.2 Å². The van der Waals surface area contributed by atoms with Crippen LogP contribution < -0.4 is 5.56 Å². The normalized spacial score (nSPS) is 14.3. The molecule has 0 unspecified atom stereocenters. The third kappa shape index (κ3) is 2.34. The minimum Gasteiger partial charge on any atom is -0.312 e. The molecule has 2 aromatic rings. The van der Waals surface area contributed by atoms with E-state index in [2.05, 4.69) is 0 Å². The minimum absolute atomic E-state index is 0.118. The van der Waals surface area contributed by atoms with Gasteiger partial charge in [0.05, 0.1) is 5.56 Å². The van der Waals surface area contributed by atoms with E-state index in [4.69, 9.17) is 0 Å². The first-order chi connectivity index (χ1) is 9.88. The van der Waals surface area contributed by atoms with Crippen molar-refractivity contribution in [3.8, 4) is 11.1 Å². The van der Waals surface area contributed by atoms with Crippen LogP contribution in [-0.2, 0) is 19.1 Å². The number of pyridine rings is 1. The van der Waals surface area contributed by atoms with Crippen molar-refractivity contribution in [2.24, 2.45) is 0 Å². The van der Waals surface area contributed by atoms with Gasteiger partial charge in [-0.25, -0.2) is 4.39 Å². The van der Waals surface area contributed by atoms with Gasteiger partial charge >= 0.3 is 6.18 Å². The molecule has 110 valence electrons. The van der Waals surface area contributed by atoms with Crippen LogP contribution in [-0.4, -0.2) is 4.57 Å². The van der Waals surface area contributed by atoms with Gasteiger partial charge in [-0.15, -0.1) is 0 Å². The second kappa shape index (κ2) is 4.72. The first-order valence-corrected chi connectivity index (χ1v) is 6.48. The lowest BCUT2D eigenvalue weighted by Crippen LogP contribution is -2.22. The third-order valence-corrected chi connectivity index (χ3v) is 3.66. The fourth-order valence-electron chi connectivity index (χ4n) is 2.69. The topological polar surface area (TPSA) is 22.0 Å². The van der Waals surface area contributed by atoms with Crippen LogP contribution in [0.15, 0.2) is 35.1 Å². The Labute approximate surface area is 117 Å². The zero-order valence-electron chi connectivity index (χ0n) is 10.9. The summed E-state index contributed by atoms with van der Waals surface area (Å²) in [5.41, 5.74) is -1.23. The SMILES string of the molecule is O=c1c(-c2cc(F)ccc2C(F)(F)F)ccc2n1CCC2. The molecule has 1 aliphatic rings. The molecule has 0 aliphatic carbocycles. The van der Waals surface area contributed by atoms with Crippen LogP contribution in [0.25, 0.3) is 11.1 Å². The average Bonchev–Trinajstić information content (AvgIpc) is 2.86. The van der Waals surface area contributed by atoms with Gasteiger partial charge in [0.1, 0.15) is 5.82 Å². The molecule has 2 nitrogen and oxygen atoms in total. The Kier molecular flexibility index (Phi) is 3.11. The predicted molar refractivity (Wildman–Crippen MR) is 69.4 cm³/mol. The largest absolute Gasteiger partial charge is 0.417 e. The van der Waals surface area contributed by atoms with Gasteiger partial charge in [0.25, 0.3) is 5.56 Å². The van der Waals surface area contributed by atoms with E-state index in [0.29, 0.717) is 12.6 Å². The standard InChI is InChI=1S/C15H11F4NO/c16-9-3-6-13(15(17,18)19)12(8-9)11-5-4-10-2-1-7-20(10)14(11)21/h3-6,8H,1-2,7H2. The number of nitrogens with zero attached hydrogens (tertiary/aromatic N) is 1. The molecule has 0 atom stereocenters. The van der Waals surface area contributed by atoms with Crippen LogP contribution in [0.4, 0.5) is 17.6 Å². The van der Waals surface area contributed by atoms with Gasteiger partial charge in [0, 0.05) is 23.4 Å². The van der Waals surface area contributed by atoms with Crippen LogP contribution in [0, 0.1) is 5.82 Å². The summed E-state index contributed by atoms with van der Waals surface area (Å²) in [5, 5.41) is 0. The molecule has 0 bridgehead atoms. The predicted octanol–water partition coefficient (Wildman–Crippen LogP) is 3.62. The molecule has 0 radical (unpaired) electrons. The van der Waals surface area contributed by atoms with E-state index in [0.717, 1.165) is 30.7 Å². The highest BCUT2D eigenvalue weighted by Gasteiger charge is 2.34. The van der Waals surface area contributed by atoms with Gasteiger partial charge < -0.3 is 4.57 Å². The highest BCUT2D eigenvalue weighted by Crippen LogP contribution is 2.36. The summed E-state index contributed by atoms with van der Waals surface area (Å²) in [6.07, 6.45) is -3.13. The highest BCUT2D eigenvalue weighted by atomic mass is 19.4. The van der Waals surface area contributed by atoms with E-state index < -0.39 is 28.7 Å². The molecular weight excluding hydrogens is 286 g/mol. The molecule has 21 heavy (non-hydrogen) atoms. The first-order valence-electron chi connectivity index (χ1n) is 6.48. The van der Waals surface area contributed by atoms with Gasteiger partial charge in [0.2, 0.25) is 0 Å². The van der Waals surface area contributed by atoms with Gasteiger partial charge in [0.15, 0.2) is 0 Å². The van der Waals surface area contributed by atoms with Crippen LogP contribution in [0.1, 0.15) is 17.7 Å². The summed E-state index contributed by atoms with van der Waals surface area (Å²) < 4.78 is 53.9. The van der Waals surface area contributed by atoms with Crippen molar-refractivity contribution in [2.45, 2.75) is 25.6 Å². The van der Waals surface area contributed by atoms with Gasteiger partial charge in [-0.05, 0) is 43.2 Å². The van der Waals surface area contributed by atoms with E-state index in [1.54, 1.807) is 6.07 Å². The molecule has 1 aliphatic heterocycles. The number of benzene rings is 1. The Hall–Kier alpha value is -2.11. The zero-order chi connectivity index (χ0) is 15.2. The summed E-state index contributed by atoms with van der Waals surface area (Å²) in [4.78, 5) is 12.3. The zero-order valence-corrected chi connectivity index (χ0v) is 10.9. The molecule has 0 amide bonds. The molecule has 2 heterocycles. The van der Waals surface area contributed by atoms with Crippen molar-refractivity contribution in [2.75, 3.05) is 0 Å². The maximum Gasteiger partial charge on any atom is 0.417 e. The number of halogens is 4. The number of aromatic nitrogens is 1. The van der Waals surface area contributed by atoms with Gasteiger partial charge in [-0.1, -0.05) is 0 Å². The lowest BCUT2D eigenvalue weighted by atomic mass is 10.00. The quantitative estimate of drug-likeness (QED) is 0.737. The lowest BCUT2D eigenvalue weighted by Gasteiger charge is -2.14. The lowest BCUT2D eigenvalue weighted by molar-refractivity contribution is -0.137. The first kappa shape index (κ1) is 13.9. The smallest absolute Gasteiger partial charge is 0.312 e. The van der Waals surface area contributed by atoms with Crippen molar-refractivity contribution in [3.63, 3.8) is 0 Å². The maximum absolute atomic E-state index is 13.4. The van der Waals surface area contributed by atoms with E-state index in [1.165, 1.54) is 10.6 Å². The number of hydrogen-bond acceptors (Lipinski definition) is 1. The number of aryl methyl sites for hydroxylation is 1. The Morgan fingerprint density at radius 2 is 1.81 bits per heavy atom. The second-order valence-electron chi connectivity index (χ2n) is 4.99. The van der Waals surface area contributed by atoms with Crippen LogP contribution in [0.2, 0.25) is 0 Å². The molecule has 1 aromatic carbocycles. The van der Waals surface area contributed by atoms with Crippen molar-refractivity contribution in [1.82, 2.24) is 4.57 Å². The van der Waals surface area contributed by atoms with Gasteiger partial charge in [-0.3, -0.25) is 4.79 Å². The molecule has 0 fully saturated rings. The maximum atomic E-state index is 13.4. The van der Waals surface area contributed by atoms with Crippen molar-refractivity contribution in [1.29, 1.82) is 0 Å². The van der Waals surface area contributed by atoms with Crippen molar-refractivity contribution < 1.29 is 17.6 Å². The van der Waals surface area contributed by atoms with E-state index in [1.807, 2.05) is 0 Å². The fraction of sp³-hybridized carbons (Fsp3) is 0.267. The van der Waals surface area contributed by atoms with Crippen molar-refractivity contribution in [3.05, 3.63) is 57.8 Å². The van der Waals surface area contributed by atoms with Crippen LogP contribution in [0.5, 0.6) is 0 Å². The van der Waals surface area contributed by atoms with Crippen LogP contribution in [0.3, 0.4) is 0 Å². The monoisotopic (exact) mass is 297 g/mol. The summed E-state index contributed by atoms with van der Waals surface area (Å²) >= 11 is 0. The molecule has 3 rings (SSSR count). The number of alkyl halides is 3. The van der Waals surface area contributed by atoms with Crippen molar-refractivity contribution >= 4 is 0 Å². The molecule has 0 N–H and O–H groups in total. The van der Waals surface area contributed by atoms with E-state index in [-0.39, 0.29) is 5.56 Å². The molecule has 0 spiro atoms. The Morgan fingerprint density at radius 3 is 2.52 bits per heavy atom. The molecule has 1 aromatic heterocycles. The summed E-state index contributed by atoms with van der Waals surface area (Å²) in [7, 11) is 0. The minimum atomic E-state index is -4.64. The van der Waals surface area contributed by atoms with E-state index in [9.17, 15) is 22.4 Å². The summed E-state index contributed by atoms with van der Waals surface area (Å²) in [5.74, 6) is -0.803. The molecule has 6 heteroatoms.